The fourth-order valence-corrected chi connectivity index (χ4v) is 3.12. The van der Waals surface area contributed by atoms with Crippen LogP contribution < -0.4 is 5.32 Å². The van der Waals surface area contributed by atoms with Gasteiger partial charge in [0.25, 0.3) is 0 Å². The Bertz CT molecular complexity index is 566. The lowest BCUT2D eigenvalue weighted by Crippen LogP contribution is -2.39. The van der Waals surface area contributed by atoms with Gasteiger partial charge in [0, 0.05) is 22.3 Å². The molecule has 0 aromatic heterocycles. The van der Waals surface area contributed by atoms with Crippen molar-refractivity contribution >= 4 is 34.4 Å². The highest BCUT2D eigenvalue weighted by molar-refractivity contribution is 14.1. The average Bonchev–Trinajstić information content (AvgIpc) is 2.92. The summed E-state index contributed by atoms with van der Waals surface area (Å²) in [5.41, 5.74) is 0.688. The number of hydrogen-bond acceptors (Lipinski definition) is 3. The van der Waals surface area contributed by atoms with Crippen LogP contribution in [0.4, 0.5) is 10.5 Å². The lowest BCUT2D eigenvalue weighted by atomic mass is 10.2. The summed E-state index contributed by atoms with van der Waals surface area (Å²) < 4.78 is 6.68. The lowest BCUT2D eigenvalue weighted by Gasteiger charge is -2.27. The van der Waals surface area contributed by atoms with Crippen molar-refractivity contribution < 1.29 is 9.53 Å². The predicted octanol–water partition coefficient (Wildman–Crippen LogP) is 4.66. The van der Waals surface area contributed by atoms with Crippen LogP contribution in [0.15, 0.2) is 36.4 Å². The monoisotopic (exact) mass is 428 g/mol. The van der Waals surface area contributed by atoms with Crippen LogP contribution in [0.2, 0.25) is 0 Å². The van der Waals surface area contributed by atoms with Crippen molar-refractivity contribution in [1.29, 1.82) is 0 Å². The highest BCUT2D eigenvalue weighted by Gasteiger charge is 2.30. The number of rotatable bonds is 4. The molecule has 2 rings (SSSR count). The molecule has 0 spiro atoms. The van der Waals surface area contributed by atoms with E-state index in [0.29, 0.717) is 0 Å². The van der Waals surface area contributed by atoms with Crippen LogP contribution in [0.1, 0.15) is 33.6 Å². The molecular weight excluding hydrogens is 403 g/mol. The van der Waals surface area contributed by atoms with Gasteiger partial charge in [0.2, 0.25) is 0 Å². The van der Waals surface area contributed by atoms with E-state index in [-0.39, 0.29) is 12.1 Å². The van der Waals surface area contributed by atoms with Gasteiger partial charge < -0.3 is 15.0 Å². The smallest absolute Gasteiger partial charge is 0.410 e. The first-order chi connectivity index (χ1) is 10.9. The second-order valence-corrected chi connectivity index (χ2v) is 7.83. The van der Waals surface area contributed by atoms with Crippen molar-refractivity contribution in [3.63, 3.8) is 0 Å². The molecule has 1 aromatic rings. The Hall–Kier alpha value is -1.24. The van der Waals surface area contributed by atoms with Crippen molar-refractivity contribution in [1.82, 2.24) is 4.90 Å². The van der Waals surface area contributed by atoms with Gasteiger partial charge in [0.15, 0.2) is 0 Å². The van der Waals surface area contributed by atoms with Gasteiger partial charge in [-0.15, -0.1) is 0 Å². The van der Waals surface area contributed by atoms with Crippen molar-refractivity contribution in [2.24, 2.45) is 0 Å². The standard InChI is InChI=1S/C18H25IN2O2/c1-18(2,3)23-17(22)21-13-7-9-14(21)8-6-12-20-16-11-5-4-10-15(16)19/h4-6,8,10-11,14,20H,7,9,12-13H2,1-3H3/b8-6+/t14-/m1/s1. The predicted molar refractivity (Wildman–Crippen MR) is 103 cm³/mol. The molecule has 1 aromatic carbocycles. The molecule has 0 radical (unpaired) electrons. The second kappa shape index (κ2) is 8.04. The van der Waals surface area contributed by atoms with Crippen LogP contribution in [0, 0.1) is 3.57 Å². The zero-order chi connectivity index (χ0) is 16.9. The number of nitrogens with one attached hydrogen (secondary N) is 1. The third-order valence-electron chi connectivity index (χ3n) is 3.57. The van der Waals surface area contributed by atoms with Gasteiger partial charge in [-0.1, -0.05) is 24.3 Å². The maximum Gasteiger partial charge on any atom is 0.410 e. The highest BCUT2D eigenvalue weighted by Crippen LogP contribution is 2.22. The Morgan fingerprint density at radius 1 is 1.43 bits per heavy atom. The number of amides is 1. The van der Waals surface area contributed by atoms with Crippen LogP contribution in [0.5, 0.6) is 0 Å². The molecule has 1 saturated heterocycles. The summed E-state index contributed by atoms with van der Waals surface area (Å²) in [6, 6.07) is 8.34. The Kier molecular flexibility index (Phi) is 6.33. The van der Waals surface area contributed by atoms with E-state index in [0.717, 1.165) is 31.6 Å². The van der Waals surface area contributed by atoms with E-state index in [1.807, 2.05) is 37.8 Å². The van der Waals surface area contributed by atoms with Gasteiger partial charge in [-0.3, -0.25) is 0 Å². The molecule has 1 N–H and O–H groups in total. The molecule has 1 aliphatic rings. The summed E-state index contributed by atoms with van der Waals surface area (Å²) in [6.07, 6.45) is 6.02. The molecule has 1 amide bonds. The number of halogens is 1. The van der Waals surface area contributed by atoms with Crippen LogP contribution in [0.25, 0.3) is 0 Å². The normalized spacial score (nSPS) is 18.4. The SMILES string of the molecule is CC(C)(C)OC(=O)N1CCC[C@H]1/C=C/CNc1ccccc1I. The van der Waals surface area contributed by atoms with Crippen molar-refractivity contribution in [3.8, 4) is 0 Å². The fourth-order valence-electron chi connectivity index (χ4n) is 2.54. The maximum absolute atomic E-state index is 12.2. The first-order valence-electron chi connectivity index (χ1n) is 8.01. The van der Waals surface area contributed by atoms with E-state index >= 15 is 0 Å². The molecule has 1 atom stereocenters. The fraction of sp³-hybridized carbons (Fsp3) is 0.500. The van der Waals surface area contributed by atoms with E-state index in [1.165, 1.54) is 3.57 Å². The van der Waals surface area contributed by atoms with Gasteiger partial charge in [-0.05, 0) is 68.3 Å². The number of likely N-dealkylation sites (tertiary alicyclic amines) is 1. The summed E-state index contributed by atoms with van der Waals surface area (Å²) >= 11 is 2.32. The number of benzene rings is 1. The largest absolute Gasteiger partial charge is 0.444 e. The second-order valence-electron chi connectivity index (χ2n) is 6.67. The van der Waals surface area contributed by atoms with E-state index in [2.05, 4.69) is 52.2 Å². The Balaban J connectivity index is 1.86. The third-order valence-corrected chi connectivity index (χ3v) is 4.51. The van der Waals surface area contributed by atoms with E-state index in [1.54, 1.807) is 0 Å². The summed E-state index contributed by atoms with van der Waals surface area (Å²) in [4.78, 5) is 14.1. The highest BCUT2D eigenvalue weighted by atomic mass is 127. The molecule has 1 aliphatic heterocycles. The van der Waals surface area contributed by atoms with Crippen LogP contribution in [-0.4, -0.2) is 35.7 Å². The number of anilines is 1. The lowest BCUT2D eigenvalue weighted by molar-refractivity contribution is 0.0256. The van der Waals surface area contributed by atoms with Crippen molar-refractivity contribution in [2.45, 2.75) is 45.3 Å². The van der Waals surface area contributed by atoms with Crippen molar-refractivity contribution in [3.05, 3.63) is 40.0 Å². The molecular formula is C18H25IN2O2. The first-order valence-corrected chi connectivity index (χ1v) is 9.09. The quantitative estimate of drug-likeness (QED) is 0.561. The molecule has 1 heterocycles. The van der Waals surface area contributed by atoms with E-state index in [4.69, 9.17) is 4.74 Å². The maximum atomic E-state index is 12.2. The van der Waals surface area contributed by atoms with Gasteiger partial charge in [-0.25, -0.2) is 4.79 Å². The summed E-state index contributed by atoms with van der Waals surface area (Å²) in [7, 11) is 0. The topological polar surface area (TPSA) is 41.6 Å². The molecule has 1 fully saturated rings. The zero-order valence-electron chi connectivity index (χ0n) is 14.0. The van der Waals surface area contributed by atoms with Gasteiger partial charge in [0.05, 0.1) is 6.04 Å². The van der Waals surface area contributed by atoms with Gasteiger partial charge in [0.1, 0.15) is 5.60 Å². The Morgan fingerprint density at radius 3 is 2.87 bits per heavy atom. The van der Waals surface area contributed by atoms with Crippen molar-refractivity contribution in [2.75, 3.05) is 18.4 Å². The number of hydrogen-bond donors (Lipinski definition) is 1. The summed E-state index contributed by atoms with van der Waals surface area (Å²) in [6.45, 7) is 7.22. The van der Waals surface area contributed by atoms with Crippen LogP contribution >= 0.6 is 22.6 Å². The van der Waals surface area contributed by atoms with E-state index < -0.39 is 5.60 Å². The van der Waals surface area contributed by atoms with E-state index in [9.17, 15) is 4.79 Å². The van der Waals surface area contributed by atoms with Gasteiger partial charge in [-0.2, -0.15) is 0 Å². The summed E-state index contributed by atoms with van der Waals surface area (Å²) in [5.74, 6) is 0. The zero-order valence-corrected chi connectivity index (χ0v) is 16.2. The Morgan fingerprint density at radius 2 is 2.17 bits per heavy atom. The minimum Gasteiger partial charge on any atom is -0.444 e. The molecule has 0 unspecified atom stereocenters. The average molecular weight is 428 g/mol. The molecule has 5 heteroatoms. The minimum atomic E-state index is -0.445. The molecule has 0 bridgehead atoms. The number of ether oxygens (including phenoxy) is 1. The van der Waals surface area contributed by atoms with Gasteiger partial charge >= 0.3 is 6.09 Å². The molecule has 4 nitrogen and oxygen atoms in total. The molecule has 23 heavy (non-hydrogen) atoms. The first kappa shape index (κ1) is 18.1. The molecule has 0 aliphatic carbocycles. The molecule has 0 saturated carbocycles. The third kappa shape index (κ3) is 5.71. The van der Waals surface area contributed by atoms with Crippen LogP contribution in [0.3, 0.4) is 0 Å². The number of carbonyl (C=O) groups is 1. The number of carbonyl (C=O) groups excluding carboxylic acids is 1. The molecule has 126 valence electrons. The minimum absolute atomic E-state index is 0.140. The number of nitrogens with zero attached hydrogens (tertiary/aromatic N) is 1. The Labute approximate surface area is 152 Å². The number of para-hydroxylation sites is 1. The van der Waals surface area contributed by atoms with Crippen LogP contribution in [-0.2, 0) is 4.74 Å². The summed E-state index contributed by atoms with van der Waals surface area (Å²) in [5, 5.41) is 3.39.